The minimum Gasteiger partial charge on any atom is -0.349 e. The van der Waals surface area contributed by atoms with Crippen LogP contribution in [0.1, 0.15) is 48.5 Å². The third-order valence-corrected chi connectivity index (χ3v) is 5.70. The first-order valence-electron chi connectivity index (χ1n) is 9.97. The van der Waals surface area contributed by atoms with Crippen molar-refractivity contribution in [3.63, 3.8) is 0 Å². The minimum absolute atomic E-state index is 0.132. The van der Waals surface area contributed by atoms with E-state index in [4.69, 9.17) is 0 Å². The van der Waals surface area contributed by atoms with Gasteiger partial charge < -0.3 is 5.32 Å². The number of rotatable bonds is 4. The molecule has 1 aromatic carbocycles. The molecule has 1 aliphatic rings. The van der Waals surface area contributed by atoms with Gasteiger partial charge in [0.15, 0.2) is 0 Å². The average Bonchev–Trinajstić information content (AvgIpc) is 2.72. The molecule has 144 valence electrons. The van der Waals surface area contributed by atoms with Gasteiger partial charge in [-0.25, -0.2) is 4.98 Å². The summed E-state index contributed by atoms with van der Waals surface area (Å²) >= 11 is 0. The molecule has 5 nitrogen and oxygen atoms in total. The third kappa shape index (κ3) is 3.70. The summed E-state index contributed by atoms with van der Waals surface area (Å²) in [6.45, 7) is 2.55. The Hall–Kier alpha value is -2.95. The maximum Gasteiger partial charge on any atom is 0.265 e. The molecule has 0 radical (unpaired) electrons. The summed E-state index contributed by atoms with van der Waals surface area (Å²) in [5, 5.41) is 3.90. The number of amides is 1. The highest BCUT2D eigenvalue weighted by atomic mass is 16.2. The van der Waals surface area contributed by atoms with Gasteiger partial charge in [-0.3, -0.25) is 14.2 Å². The molecule has 4 rings (SSSR count). The van der Waals surface area contributed by atoms with Crippen LogP contribution in [0.2, 0.25) is 0 Å². The number of fused-ring (bicyclic) bond motifs is 1. The first-order chi connectivity index (χ1) is 13.6. The van der Waals surface area contributed by atoms with Crippen LogP contribution in [0.4, 0.5) is 0 Å². The molecule has 1 amide bonds. The Bertz CT molecular complexity index is 1040. The highest BCUT2D eigenvalue weighted by Gasteiger charge is 2.25. The summed E-state index contributed by atoms with van der Waals surface area (Å²) in [5.41, 5.74) is 1.49. The summed E-state index contributed by atoms with van der Waals surface area (Å²) in [5.74, 6) is 0.155. The van der Waals surface area contributed by atoms with Gasteiger partial charge in [0.2, 0.25) is 0 Å². The highest BCUT2D eigenvalue weighted by molar-refractivity contribution is 5.97. The van der Waals surface area contributed by atoms with E-state index in [9.17, 15) is 9.59 Å². The molecule has 0 saturated heterocycles. The zero-order chi connectivity index (χ0) is 19.5. The monoisotopic (exact) mass is 375 g/mol. The van der Waals surface area contributed by atoms with E-state index in [0.29, 0.717) is 18.1 Å². The Morgan fingerprint density at radius 1 is 1.14 bits per heavy atom. The van der Waals surface area contributed by atoms with E-state index in [2.05, 4.69) is 17.2 Å². The largest absolute Gasteiger partial charge is 0.349 e. The third-order valence-electron chi connectivity index (χ3n) is 5.70. The van der Waals surface area contributed by atoms with Crippen LogP contribution < -0.4 is 10.9 Å². The molecular weight excluding hydrogens is 350 g/mol. The van der Waals surface area contributed by atoms with Crippen molar-refractivity contribution in [1.29, 1.82) is 0 Å². The number of hydrogen-bond donors (Lipinski definition) is 1. The van der Waals surface area contributed by atoms with E-state index < -0.39 is 0 Å². The molecule has 0 unspecified atom stereocenters. The topological polar surface area (TPSA) is 64.0 Å². The molecule has 2 atom stereocenters. The van der Waals surface area contributed by atoms with Crippen molar-refractivity contribution in [1.82, 2.24) is 14.9 Å². The second-order valence-electron chi connectivity index (χ2n) is 7.69. The van der Waals surface area contributed by atoms with E-state index in [1.807, 2.05) is 42.5 Å². The molecule has 1 saturated carbocycles. The summed E-state index contributed by atoms with van der Waals surface area (Å²) < 4.78 is 1.60. The van der Waals surface area contributed by atoms with Gasteiger partial charge in [-0.1, -0.05) is 50.1 Å². The van der Waals surface area contributed by atoms with Gasteiger partial charge in [0.05, 0.1) is 6.54 Å². The van der Waals surface area contributed by atoms with Crippen LogP contribution in [-0.4, -0.2) is 21.5 Å². The lowest BCUT2D eigenvalue weighted by Gasteiger charge is -2.29. The number of aromatic nitrogens is 2. The van der Waals surface area contributed by atoms with Crippen molar-refractivity contribution in [3.8, 4) is 0 Å². The molecule has 1 fully saturated rings. The van der Waals surface area contributed by atoms with Gasteiger partial charge in [0.25, 0.3) is 11.5 Å². The van der Waals surface area contributed by atoms with Crippen molar-refractivity contribution >= 4 is 16.9 Å². The van der Waals surface area contributed by atoms with Crippen LogP contribution in [0.25, 0.3) is 11.0 Å². The van der Waals surface area contributed by atoms with Gasteiger partial charge in [-0.05, 0) is 42.5 Å². The summed E-state index contributed by atoms with van der Waals surface area (Å²) in [7, 11) is 0. The van der Waals surface area contributed by atoms with Crippen LogP contribution >= 0.6 is 0 Å². The number of nitrogens with one attached hydrogen (secondary N) is 1. The average molecular weight is 375 g/mol. The fraction of sp³-hybridized carbons (Fsp3) is 0.348. The summed E-state index contributed by atoms with van der Waals surface area (Å²) in [6, 6.07) is 15.3. The molecule has 28 heavy (non-hydrogen) atoms. The van der Waals surface area contributed by atoms with E-state index in [1.165, 1.54) is 6.42 Å². The van der Waals surface area contributed by atoms with Gasteiger partial charge in [-0.2, -0.15) is 0 Å². The Balaban J connectivity index is 1.73. The van der Waals surface area contributed by atoms with Crippen molar-refractivity contribution in [3.05, 3.63) is 76.2 Å². The van der Waals surface area contributed by atoms with Crippen molar-refractivity contribution in [2.24, 2.45) is 5.92 Å². The van der Waals surface area contributed by atoms with Crippen LogP contribution in [0.15, 0.2) is 59.5 Å². The lowest BCUT2D eigenvalue weighted by atomic mass is 9.86. The Morgan fingerprint density at radius 2 is 1.93 bits per heavy atom. The summed E-state index contributed by atoms with van der Waals surface area (Å²) in [6.07, 6.45) is 6.09. The molecule has 3 aromatic rings. The standard InChI is InChI=1S/C23H25N3O2/c1-16-8-5-6-12-20(16)25-22(27)19-14-18-11-7-13-24-21(18)26(23(19)28)15-17-9-3-2-4-10-17/h2-4,7,9-11,13-14,16,20H,5-6,8,12,15H2,1H3,(H,25,27)/t16-,20+/m0/s1. The lowest BCUT2D eigenvalue weighted by Crippen LogP contribution is -2.43. The van der Waals surface area contributed by atoms with Crippen LogP contribution in [-0.2, 0) is 6.54 Å². The number of benzene rings is 1. The van der Waals surface area contributed by atoms with E-state index in [1.54, 1.807) is 16.8 Å². The van der Waals surface area contributed by atoms with Gasteiger partial charge in [0, 0.05) is 17.6 Å². The molecule has 2 aromatic heterocycles. The van der Waals surface area contributed by atoms with Crippen LogP contribution in [0, 0.1) is 5.92 Å². The van der Waals surface area contributed by atoms with Gasteiger partial charge in [0.1, 0.15) is 11.2 Å². The van der Waals surface area contributed by atoms with E-state index >= 15 is 0 Å². The lowest BCUT2D eigenvalue weighted by molar-refractivity contribution is 0.0908. The van der Waals surface area contributed by atoms with Gasteiger partial charge in [-0.15, -0.1) is 0 Å². The minimum atomic E-state index is -0.295. The Morgan fingerprint density at radius 3 is 2.71 bits per heavy atom. The number of carbonyl (C=O) groups is 1. The maximum atomic E-state index is 13.2. The zero-order valence-electron chi connectivity index (χ0n) is 16.1. The number of hydrogen-bond acceptors (Lipinski definition) is 3. The van der Waals surface area contributed by atoms with Crippen molar-refractivity contribution in [2.45, 2.75) is 45.2 Å². The number of carbonyl (C=O) groups excluding carboxylic acids is 1. The first kappa shape index (κ1) is 18.4. The normalized spacial score (nSPS) is 19.5. The molecular formula is C23H25N3O2. The molecule has 0 bridgehead atoms. The highest BCUT2D eigenvalue weighted by Crippen LogP contribution is 2.24. The van der Waals surface area contributed by atoms with Crippen molar-refractivity contribution < 1.29 is 4.79 Å². The van der Waals surface area contributed by atoms with E-state index in [-0.39, 0.29) is 23.1 Å². The summed E-state index contributed by atoms with van der Waals surface area (Å²) in [4.78, 5) is 30.6. The Kier molecular flexibility index (Phi) is 5.24. The fourth-order valence-electron chi connectivity index (χ4n) is 4.06. The molecule has 5 heteroatoms. The predicted molar refractivity (Wildman–Crippen MR) is 110 cm³/mol. The first-order valence-corrected chi connectivity index (χ1v) is 9.97. The molecule has 0 spiro atoms. The number of nitrogens with zero attached hydrogens (tertiary/aromatic N) is 2. The van der Waals surface area contributed by atoms with Crippen LogP contribution in [0.5, 0.6) is 0 Å². The Labute approximate surface area is 164 Å². The molecule has 1 aliphatic carbocycles. The van der Waals surface area contributed by atoms with Gasteiger partial charge >= 0.3 is 0 Å². The van der Waals surface area contributed by atoms with Crippen molar-refractivity contribution in [2.75, 3.05) is 0 Å². The predicted octanol–water partition coefficient (Wildman–Crippen LogP) is 3.75. The molecule has 0 aliphatic heterocycles. The SMILES string of the molecule is C[C@H]1CCCC[C@H]1NC(=O)c1cc2cccnc2n(Cc2ccccc2)c1=O. The second kappa shape index (κ2) is 7.97. The second-order valence-corrected chi connectivity index (χ2v) is 7.69. The smallest absolute Gasteiger partial charge is 0.265 e. The fourth-order valence-corrected chi connectivity index (χ4v) is 4.06. The maximum absolute atomic E-state index is 13.2. The quantitative estimate of drug-likeness (QED) is 0.755. The molecule has 1 N–H and O–H groups in total. The number of pyridine rings is 2. The van der Waals surface area contributed by atoms with Crippen LogP contribution in [0.3, 0.4) is 0 Å². The zero-order valence-corrected chi connectivity index (χ0v) is 16.1. The van der Waals surface area contributed by atoms with E-state index in [0.717, 1.165) is 30.2 Å². The molecule has 2 heterocycles.